The summed E-state index contributed by atoms with van der Waals surface area (Å²) in [5, 5.41) is 8.57. The molecule has 1 atom stereocenters. The predicted octanol–water partition coefficient (Wildman–Crippen LogP) is 0.446. The molecule has 0 unspecified atom stereocenters. The zero-order valence-corrected chi connectivity index (χ0v) is 5.92. The van der Waals surface area contributed by atoms with E-state index in [9.17, 15) is 4.79 Å². The first-order valence-electron chi connectivity index (χ1n) is 3.67. The monoisotopic (exact) mass is 143 g/mol. The summed E-state index contributed by atoms with van der Waals surface area (Å²) in [6.07, 6.45) is 3.18. The number of hydrogen-bond donors (Lipinski definition) is 2. The van der Waals surface area contributed by atoms with Crippen molar-refractivity contribution in [2.75, 3.05) is 6.54 Å². The van der Waals surface area contributed by atoms with E-state index in [-0.39, 0.29) is 12.5 Å². The van der Waals surface area contributed by atoms with Crippen LogP contribution in [0.5, 0.6) is 0 Å². The smallest absolute Gasteiger partial charge is 0.307 e. The summed E-state index contributed by atoms with van der Waals surface area (Å²) in [5.74, 6) is -0.383. The quantitative estimate of drug-likeness (QED) is 0.600. The Labute approximate surface area is 60.2 Å². The molecule has 10 heavy (non-hydrogen) atoms. The van der Waals surface area contributed by atoms with Crippen LogP contribution in [0.4, 0.5) is 0 Å². The predicted molar refractivity (Wildman–Crippen MR) is 37.5 cm³/mol. The number of aliphatic carboxylic acids is 1. The largest absolute Gasteiger partial charge is 0.481 e. The van der Waals surface area contributed by atoms with Gasteiger partial charge in [-0.2, -0.15) is 0 Å². The SMILES string of the molecule is NC[C@H](CC1CC1)C(=O)O. The average Bonchev–Trinajstić information content (AvgIpc) is 2.64. The van der Waals surface area contributed by atoms with Crippen LogP contribution in [0.2, 0.25) is 0 Å². The van der Waals surface area contributed by atoms with Gasteiger partial charge in [-0.3, -0.25) is 4.79 Å². The number of carbonyl (C=O) groups is 1. The standard InChI is InChI=1S/C7H13NO2/c8-4-6(7(9)10)3-5-1-2-5/h5-6H,1-4,8H2,(H,9,10)/t6-/m0/s1. The number of nitrogens with two attached hydrogens (primary N) is 1. The second-order valence-corrected chi connectivity index (χ2v) is 2.95. The van der Waals surface area contributed by atoms with Crippen molar-refractivity contribution in [2.45, 2.75) is 19.3 Å². The summed E-state index contributed by atoms with van der Waals surface area (Å²) in [6.45, 7) is 0.284. The van der Waals surface area contributed by atoms with Crippen LogP contribution in [0.15, 0.2) is 0 Å². The Morgan fingerprint density at radius 1 is 1.70 bits per heavy atom. The molecule has 0 radical (unpaired) electrons. The molecule has 58 valence electrons. The van der Waals surface area contributed by atoms with Crippen molar-refractivity contribution < 1.29 is 9.90 Å². The normalized spacial score (nSPS) is 20.5. The van der Waals surface area contributed by atoms with Gasteiger partial charge in [0.1, 0.15) is 0 Å². The van der Waals surface area contributed by atoms with E-state index in [4.69, 9.17) is 10.8 Å². The van der Waals surface area contributed by atoms with Gasteiger partial charge >= 0.3 is 5.97 Å². The molecule has 1 rings (SSSR count). The molecule has 0 aliphatic heterocycles. The van der Waals surface area contributed by atoms with Crippen LogP contribution >= 0.6 is 0 Å². The fraction of sp³-hybridized carbons (Fsp3) is 0.857. The molecule has 1 saturated carbocycles. The van der Waals surface area contributed by atoms with Gasteiger partial charge in [-0.1, -0.05) is 12.8 Å². The molecule has 0 aromatic carbocycles. The molecule has 0 amide bonds. The Kier molecular flexibility index (Phi) is 2.27. The van der Waals surface area contributed by atoms with Gasteiger partial charge in [0, 0.05) is 6.54 Å². The summed E-state index contributed by atoms with van der Waals surface area (Å²) in [6, 6.07) is 0. The van der Waals surface area contributed by atoms with E-state index < -0.39 is 5.97 Å². The summed E-state index contributed by atoms with van der Waals surface area (Å²) in [7, 11) is 0. The molecule has 0 aromatic rings. The minimum absolute atomic E-state index is 0.284. The molecule has 1 aliphatic carbocycles. The van der Waals surface area contributed by atoms with Crippen molar-refractivity contribution in [1.29, 1.82) is 0 Å². The van der Waals surface area contributed by atoms with E-state index in [1.54, 1.807) is 0 Å². The van der Waals surface area contributed by atoms with Crippen LogP contribution in [0, 0.1) is 11.8 Å². The minimum Gasteiger partial charge on any atom is -0.481 e. The van der Waals surface area contributed by atoms with Crippen molar-refractivity contribution in [3.05, 3.63) is 0 Å². The van der Waals surface area contributed by atoms with Crippen LogP contribution < -0.4 is 5.73 Å². The highest BCUT2D eigenvalue weighted by molar-refractivity contribution is 5.70. The molecule has 1 fully saturated rings. The van der Waals surface area contributed by atoms with Crippen LogP contribution in [-0.2, 0) is 4.79 Å². The minimum atomic E-state index is -0.741. The number of carboxylic acids is 1. The van der Waals surface area contributed by atoms with E-state index in [1.807, 2.05) is 0 Å². The fourth-order valence-electron chi connectivity index (χ4n) is 1.05. The molecule has 0 heterocycles. The highest BCUT2D eigenvalue weighted by Gasteiger charge is 2.27. The third-order valence-electron chi connectivity index (χ3n) is 1.95. The van der Waals surface area contributed by atoms with Crippen molar-refractivity contribution in [1.82, 2.24) is 0 Å². The maximum absolute atomic E-state index is 10.4. The first-order valence-corrected chi connectivity index (χ1v) is 3.67. The summed E-state index contributed by atoms with van der Waals surface area (Å²) < 4.78 is 0. The summed E-state index contributed by atoms with van der Waals surface area (Å²) in [5.41, 5.74) is 5.27. The molecule has 1 aliphatic rings. The van der Waals surface area contributed by atoms with Gasteiger partial charge in [-0.15, -0.1) is 0 Å². The summed E-state index contributed by atoms with van der Waals surface area (Å²) in [4.78, 5) is 10.4. The lowest BCUT2D eigenvalue weighted by Gasteiger charge is -2.06. The van der Waals surface area contributed by atoms with Crippen LogP contribution in [0.1, 0.15) is 19.3 Å². The van der Waals surface area contributed by atoms with E-state index in [0.717, 1.165) is 6.42 Å². The Morgan fingerprint density at radius 3 is 2.60 bits per heavy atom. The summed E-state index contributed by atoms with van der Waals surface area (Å²) >= 11 is 0. The highest BCUT2D eigenvalue weighted by atomic mass is 16.4. The zero-order valence-electron chi connectivity index (χ0n) is 5.92. The maximum Gasteiger partial charge on any atom is 0.307 e. The van der Waals surface area contributed by atoms with Gasteiger partial charge in [0.15, 0.2) is 0 Å². The van der Waals surface area contributed by atoms with Gasteiger partial charge in [-0.25, -0.2) is 0 Å². The maximum atomic E-state index is 10.4. The first kappa shape index (κ1) is 7.54. The lowest BCUT2D eigenvalue weighted by molar-refractivity contribution is -0.141. The molecular formula is C7H13NO2. The van der Waals surface area contributed by atoms with Crippen molar-refractivity contribution in [3.63, 3.8) is 0 Å². The van der Waals surface area contributed by atoms with Gasteiger partial charge < -0.3 is 10.8 Å². The third-order valence-corrected chi connectivity index (χ3v) is 1.95. The number of rotatable bonds is 4. The van der Waals surface area contributed by atoms with Gasteiger partial charge in [-0.05, 0) is 12.3 Å². The molecule has 3 N–H and O–H groups in total. The second kappa shape index (κ2) is 3.01. The number of hydrogen-bond acceptors (Lipinski definition) is 2. The van der Waals surface area contributed by atoms with E-state index in [1.165, 1.54) is 12.8 Å². The molecule has 3 nitrogen and oxygen atoms in total. The van der Waals surface area contributed by atoms with Gasteiger partial charge in [0.05, 0.1) is 5.92 Å². The molecule has 0 spiro atoms. The van der Waals surface area contributed by atoms with Gasteiger partial charge in [0.25, 0.3) is 0 Å². The van der Waals surface area contributed by atoms with Crippen molar-refractivity contribution >= 4 is 5.97 Å². The third kappa shape index (κ3) is 1.99. The lowest BCUT2D eigenvalue weighted by atomic mass is 10.0. The van der Waals surface area contributed by atoms with Crippen LogP contribution in [0.3, 0.4) is 0 Å². The van der Waals surface area contributed by atoms with Crippen LogP contribution in [0.25, 0.3) is 0 Å². The fourth-order valence-corrected chi connectivity index (χ4v) is 1.05. The average molecular weight is 143 g/mol. The van der Waals surface area contributed by atoms with Gasteiger partial charge in [0.2, 0.25) is 0 Å². The molecular weight excluding hydrogens is 130 g/mol. The zero-order chi connectivity index (χ0) is 7.56. The van der Waals surface area contributed by atoms with E-state index in [0.29, 0.717) is 5.92 Å². The van der Waals surface area contributed by atoms with Crippen molar-refractivity contribution in [2.24, 2.45) is 17.6 Å². The Morgan fingerprint density at radius 2 is 2.30 bits per heavy atom. The second-order valence-electron chi connectivity index (χ2n) is 2.95. The van der Waals surface area contributed by atoms with Crippen molar-refractivity contribution in [3.8, 4) is 0 Å². The highest BCUT2D eigenvalue weighted by Crippen LogP contribution is 2.35. The van der Waals surface area contributed by atoms with E-state index >= 15 is 0 Å². The first-order chi connectivity index (χ1) is 4.74. The number of carboxylic acid groups (broad SMARTS) is 1. The Bertz CT molecular complexity index is 132. The topological polar surface area (TPSA) is 63.3 Å². The molecule has 0 aromatic heterocycles. The lowest BCUT2D eigenvalue weighted by Crippen LogP contribution is -2.23. The molecule has 0 saturated heterocycles. The van der Waals surface area contributed by atoms with Crippen LogP contribution in [-0.4, -0.2) is 17.6 Å². The molecule has 3 heteroatoms. The molecule has 0 bridgehead atoms. The van der Waals surface area contributed by atoms with E-state index in [2.05, 4.69) is 0 Å². The Balaban J connectivity index is 2.24. The Hall–Kier alpha value is -0.570.